The maximum Gasteiger partial charge on any atom is 0.276 e. The lowest BCUT2D eigenvalue weighted by molar-refractivity contribution is -0.0105. The second-order valence-electron chi connectivity index (χ2n) is 3.72. The van der Waals surface area contributed by atoms with Crippen molar-refractivity contribution >= 4 is 0 Å². The molecule has 0 heterocycles. The number of hydrogen-bond acceptors (Lipinski definition) is 1. The number of methoxy groups -OCH3 is 1. The Morgan fingerprint density at radius 3 is 2.33 bits per heavy atom. The van der Waals surface area contributed by atoms with E-state index in [1.54, 1.807) is 6.92 Å². The summed E-state index contributed by atoms with van der Waals surface area (Å²) in [4.78, 5) is 0. The zero-order chi connectivity index (χ0) is 11.6. The zero-order valence-electron chi connectivity index (χ0n) is 9.53. The molecule has 0 aliphatic heterocycles. The molecule has 0 fully saturated rings. The molecule has 0 aliphatic rings. The van der Waals surface area contributed by atoms with Crippen LogP contribution < -0.4 is 4.74 Å². The van der Waals surface area contributed by atoms with Gasteiger partial charge in [-0.15, -0.1) is 0 Å². The van der Waals surface area contributed by atoms with E-state index in [9.17, 15) is 8.78 Å². The van der Waals surface area contributed by atoms with Gasteiger partial charge in [0.1, 0.15) is 5.75 Å². The van der Waals surface area contributed by atoms with Crippen molar-refractivity contribution in [3.8, 4) is 5.75 Å². The Kier molecular flexibility index (Phi) is 3.32. The van der Waals surface area contributed by atoms with Gasteiger partial charge >= 0.3 is 0 Å². The Hall–Kier alpha value is -1.12. The van der Waals surface area contributed by atoms with E-state index in [1.807, 2.05) is 13.0 Å². The predicted octanol–water partition coefficient (Wildman–Crippen LogP) is 3.81. The summed E-state index contributed by atoms with van der Waals surface area (Å²) in [6.45, 7) is 5.06. The van der Waals surface area contributed by atoms with Gasteiger partial charge in [0, 0.05) is 6.42 Å². The predicted molar refractivity (Wildman–Crippen MR) is 56.7 cm³/mol. The second kappa shape index (κ2) is 4.17. The standard InChI is InChI=1S/C12H16F2O/c1-5-12(13,14)10-7-8(2)6-9(3)11(10)15-4/h6-7H,5H2,1-4H3. The fraction of sp³-hybridized carbons (Fsp3) is 0.500. The molecule has 1 nitrogen and oxygen atoms in total. The highest BCUT2D eigenvalue weighted by molar-refractivity contribution is 5.46. The minimum Gasteiger partial charge on any atom is -0.496 e. The van der Waals surface area contributed by atoms with Crippen LogP contribution in [0.15, 0.2) is 12.1 Å². The van der Waals surface area contributed by atoms with Crippen LogP contribution in [0.5, 0.6) is 5.75 Å². The highest BCUT2D eigenvalue weighted by Crippen LogP contribution is 2.39. The van der Waals surface area contributed by atoms with Crippen LogP contribution in [0.25, 0.3) is 0 Å². The first-order valence-corrected chi connectivity index (χ1v) is 4.96. The molecular formula is C12H16F2O. The average Bonchev–Trinajstić information content (AvgIpc) is 2.16. The molecule has 0 unspecified atom stereocenters. The third-order valence-corrected chi connectivity index (χ3v) is 2.46. The summed E-state index contributed by atoms with van der Waals surface area (Å²) in [5, 5.41) is 0. The summed E-state index contributed by atoms with van der Waals surface area (Å²) in [7, 11) is 1.42. The third-order valence-electron chi connectivity index (χ3n) is 2.46. The largest absolute Gasteiger partial charge is 0.496 e. The first-order chi connectivity index (χ1) is 6.92. The summed E-state index contributed by atoms with van der Waals surface area (Å²) >= 11 is 0. The van der Waals surface area contributed by atoms with E-state index in [-0.39, 0.29) is 12.0 Å². The summed E-state index contributed by atoms with van der Waals surface area (Å²) in [5.41, 5.74) is 1.57. The fourth-order valence-corrected chi connectivity index (χ4v) is 1.69. The molecule has 1 aromatic carbocycles. The monoisotopic (exact) mass is 214 g/mol. The highest BCUT2D eigenvalue weighted by atomic mass is 19.3. The van der Waals surface area contributed by atoms with Gasteiger partial charge in [-0.05, 0) is 25.5 Å². The molecule has 84 valence electrons. The minimum atomic E-state index is -2.82. The summed E-state index contributed by atoms with van der Waals surface area (Å²) in [6, 6.07) is 3.34. The van der Waals surface area contributed by atoms with Crippen LogP contribution in [0, 0.1) is 13.8 Å². The van der Waals surface area contributed by atoms with Crippen LogP contribution in [0.3, 0.4) is 0 Å². The van der Waals surface area contributed by atoms with E-state index in [0.717, 1.165) is 11.1 Å². The molecular weight excluding hydrogens is 198 g/mol. The Labute approximate surface area is 89.1 Å². The lowest BCUT2D eigenvalue weighted by Crippen LogP contribution is -2.14. The van der Waals surface area contributed by atoms with Crippen molar-refractivity contribution in [3.63, 3.8) is 0 Å². The molecule has 0 saturated carbocycles. The highest BCUT2D eigenvalue weighted by Gasteiger charge is 2.33. The Balaban J connectivity index is 3.39. The lowest BCUT2D eigenvalue weighted by atomic mass is 9.99. The number of benzene rings is 1. The normalized spacial score (nSPS) is 11.6. The van der Waals surface area contributed by atoms with Gasteiger partial charge in [0.05, 0.1) is 12.7 Å². The van der Waals surface area contributed by atoms with Gasteiger partial charge in [-0.3, -0.25) is 0 Å². The molecule has 0 spiro atoms. The molecule has 1 rings (SSSR count). The Bertz CT molecular complexity index is 359. The molecule has 3 heteroatoms. The van der Waals surface area contributed by atoms with Crippen LogP contribution in [-0.2, 0) is 5.92 Å². The van der Waals surface area contributed by atoms with Crippen LogP contribution in [0.4, 0.5) is 8.78 Å². The molecule has 15 heavy (non-hydrogen) atoms. The van der Waals surface area contributed by atoms with E-state index in [2.05, 4.69) is 0 Å². The number of ether oxygens (including phenoxy) is 1. The Morgan fingerprint density at radius 2 is 1.87 bits per heavy atom. The molecule has 0 aliphatic carbocycles. The van der Waals surface area contributed by atoms with Crippen LogP contribution in [0.2, 0.25) is 0 Å². The number of aryl methyl sites for hydroxylation is 2. The summed E-state index contributed by atoms with van der Waals surface area (Å²) in [6.07, 6.45) is -0.216. The molecule has 0 aromatic heterocycles. The van der Waals surface area contributed by atoms with Crippen molar-refractivity contribution in [2.45, 2.75) is 33.1 Å². The van der Waals surface area contributed by atoms with E-state index in [1.165, 1.54) is 20.1 Å². The van der Waals surface area contributed by atoms with E-state index in [0.29, 0.717) is 5.75 Å². The summed E-state index contributed by atoms with van der Waals surface area (Å²) in [5.74, 6) is -2.52. The van der Waals surface area contributed by atoms with E-state index < -0.39 is 5.92 Å². The molecule has 0 bridgehead atoms. The zero-order valence-corrected chi connectivity index (χ0v) is 9.53. The van der Waals surface area contributed by atoms with Crippen molar-refractivity contribution < 1.29 is 13.5 Å². The number of halogens is 2. The minimum absolute atomic E-state index is 0.00926. The quantitative estimate of drug-likeness (QED) is 0.743. The first-order valence-electron chi connectivity index (χ1n) is 4.96. The van der Waals surface area contributed by atoms with Crippen molar-refractivity contribution in [1.82, 2.24) is 0 Å². The van der Waals surface area contributed by atoms with Gasteiger partial charge in [-0.1, -0.05) is 18.6 Å². The van der Waals surface area contributed by atoms with Gasteiger partial charge in [0.2, 0.25) is 0 Å². The van der Waals surface area contributed by atoms with E-state index >= 15 is 0 Å². The maximum absolute atomic E-state index is 13.6. The van der Waals surface area contributed by atoms with Gasteiger partial charge in [0.15, 0.2) is 0 Å². The Morgan fingerprint density at radius 1 is 1.27 bits per heavy atom. The molecule has 0 radical (unpaired) electrons. The fourth-order valence-electron chi connectivity index (χ4n) is 1.69. The molecule has 0 amide bonds. The average molecular weight is 214 g/mol. The smallest absolute Gasteiger partial charge is 0.276 e. The third kappa shape index (κ3) is 2.28. The second-order valence-corrected chi connectivity index (χ2v) is 3.72. The summed E-state index contributed by atoms with van der Waals surface area (Å²) < 4.78 is 32.3. The van der Waals surface area contributed by atoms with E-state index in [4.69, 9.17) is 4.74 Å². The van der Waals surface area contributed by atoms with Crippen molar-refractivity contribution in [1.29, 1.82) is 0 Å². The van der Waals surface area contributed by atoms with Gasteiger partial charge < -0.3 is 4.74 Å². The molecule has 0 saturated heterocycles. The molecule has 0 N–H and O–H groups in total. The first kappa shape index (κ1) is 12.0. The van der Waals surface area contributed by atoms with Crippen molar-refractivity contribution in [2.24, 2.45) is 0 Å². The maximum atomic E-state index is 13.6. The van der Waals surface area contributed by atoms with Crippen molar-refractivity contribution in [3.05, 3.63) is 28.8 Å². The van der Waals surface area contributed by atoms with Crippen LogP contribution in [-0.4, -0.2) is 7.11 Å². The van der Waals surface area contributed by atoms with Gasteiger partial charge in [-0.2, -0.15) is 0 Å². The van der Waals surface area contributed by atoms with Crippen molar-refractivity contribution in [2.75, 3.05) is 7.11 Å². The lowest BCUT2D eigenvalue weighted by Gasteiger charge is -2.20. The topological polar surface area (TPSA) is 9.23 Å². The number of alkyl halides is 2. The van der Waals surface area contributed by atoms with Crippen LogP contribution >= 0.6 is 0 Å². The van der Waals surface area contributed by atoms with Gasteiger partial charge in [-0.25, -0.2) is 8.78 Å². The van der Waals surface area contributed by atoms with Gasteiger partial charge in [0.25, 0.3) is 5.92 Å². The molecule has 0 atom stereocenters. The number of hydrogen-bond donors (Lipinski definition) is 0. The van der Waals surface area contributed by atoms with Crippen LogP contribution in [0.1, 0.15) is 30.0 Å². The SMILES string of the molecule is CCC(F)(F)c1cc(C)cc(C)c1OC. The molecule has 1 aromatic rings. The number of rotatable bonds is 3.